The number of nitrogens with zero attached hydrogens (tertiary/aromatic N) is 1. The normalized spacial score (nSPS) is 31.0. The fraction of sp³-hybridized carbons (Fsp3) is 1.00. The molecule has 1 N–H and O–H groups in total. The Morgan fingerprint density at radius 2 is 1.93 bits per heavy atom. The maximum Gasteiger partial charge on any atom is 0.0133 e. The molecule has 88 valence electrons. The number of hydrogen-bond acceptors (Lipinski definition) is 2. The highest BCUT2D eigenvalue weighted by molar-refractivity contribution is 4.91. The van der Waals surface area contributed by atoms with E-state index in [4.69, 9.17) is 0 Å². The minimum Gasteiger partial charge on any atom is -0.314 e. The van der Waals surface area contributed by atoms with Gasteiger partial charge in [0.25, 0.3) is 0 Å². The molecule has 2 saturated carbocycles. The van der Waals surface area contributed by atoms with Gasteiger partial charge in [-0.05, 0) is 51.1 Å². The molecule has 2 aliphatic carbocycles. The summed E-state index contributed by atoms with van der Waals surface area (Å²) in [5.41, 5.74) is 0. The average molecular weight is 210 g/mol. The molecule has 2 nitrogen and oxygen atoms in total. The molecule has 0 radical (unpaired) electrons. The highest BCUT2D eigenvalue weighted by Gasteiger charge is 2.34. The molecule has 0 bridgehead atoms. The van der Waals surface area contributed by atoms with Crippen LogP contribution in [0.1, 0.15) is 39.5 Å². The topological polar surface area (TPSA) is 15.3 Å². The van der Waals surface area contributed by atoms with Crippen molar-refractivity contribution < 1.29 is 0 Å². The van der Waals surface area contributed by atoms with Crippen molar-refractivity contribution in [3.63, 3.8) is 0 Å². The van der Waals surface area contributed by atoms with Crippen LogP contribution < -0.4 is 5.32 Å². The van der Waals surface area contributed by atoms with E-state index in [9.17, 15) is 0 Å². The largest absolute Gasteiger partial charge is 0.314 e. The van der Waals surface area contributed by atoms with Crippen molar-refractivity contribution in [1.29, 1.82) is 0 Å². The van der Waals surface area contributed by atoms with Gasteiger partial charge in [0.15, 0.2) is 0 Å². The maximum absolute atomic E-state index is 3.67. The van der Waals surface area contributed by atoms with Gasteiger partial charge in [-0.2, -0.15) is 0 Å². The van der Waals surface area contributed by atoms with Crippen LogP contribution in [-0.2, 0) is 0 Å². The first-order valence-electron chi connectivity index (χ1n) is 6.60. The Morgan fingerprint density at radius 1 is 1.20 bits per heavy atom. The minimum absolute atomic E-state index is 0.799. The van der Waals surface area contributed by atoms with Gasteiger partial charge in [-0.15, -0.1) is 0 Å². The molecule has 0 aromatic carbocycles. The highest BCUT2D eigenvalue weighted by atomic mass is 15.1. The second-order valence-corrected chi connectivity index (χ2v) is 5.92. The van der Waals surface area contributed by atoms with Gasteiger partial charge in [0.2, 0.25) is 0 Å². The lowest BCUT2D eigenvalue weighted by atomic mass is 9.78. The predicted molar refractivity (Wildman–Crippen MR) is 65.0 cm³/mol. The molecule has 2 rings (SSSR count). The summed E-state index contributed by atoms with van der Waals surface area (Å²) in [6.07, 6.45) is 5.69. The molecule has 2 fully saturated rings. The highest BCUT2D eigenvalue weighted by Crippen LogP contribution is 2.32. The van der Waals surface area contributed by atoms with Crippen LogP contribution in [0.2, 0.25) is 0 Å². The van der Waals surface area contributed by atoms with E-state index in [1.165, 1.54) is 38.8 Å². The second kappa shape index (κ2) is 4.84. The quantitative estimate of drug-likeness (QED) is 0.722. The van der Waals surface area contributed by atoms with Crippen molar-refractivity contribution in [1.82, 2.24) is 10.2 Å². The SMILES string of the molecule is CC(C)CN(C)C1CCC1CNC1CC1. The number of nitrogens with one attached hydrogen (secondary N) is 1. The van der Waals surface area contributed by atoms with Gasteiger partial charge >= 0.3 is 0 Å². The van der Waals surface area contributed by atoms with Gasteiger partial charge in [-0.3, -0.25) is 0 Å². The van der Waals surface area contributed by atoms with Gasteiger partial charge in [0.05, 0.1) is 0 Å². The number of hydrogen-bond donors (Lipinski definition) is 1. The molecular formula is C13H26N2. The van der Waals surface area contributed by atoms with Gasteiger partial charge < -0.3 is 10.2 Å². The molecule has 2 atom stereocenters. The molecule has 15 heavy (non-hydrogen) atoms. The van der Waals surface area contributed by atoms with Crippen molar-refractivity contribution in [2.75, 3.05) is 20.1 Å². The minimum atomic E-state index is 0.799. The Morgan fingerprint density at radius 3 is 2.40 bits per heavy atom. The smallest absolute Gasteiger partial charge is 0.0133 e. The zero-order chi connectivity index (χ0) is 10.8. The van der Waals surface area contributed by atoms with E-state index in [1.54, 1.807) is 0 Å². The zero-order valence-electron chi connectivity index (χ0n) is 10.5. The first-order chi connectivity index (χ1) is 7.16. The Labute approximate surface area is 94.4 Å². The summed E-state index contributed by atoms with van der Waals surface area (Å²) in [5, 5.41) is 3.67. The number of rotatable bonds is 6. The van der Waals surface area contributed by atoms with E-state index in [0.717, 1.165) is 23.9 Å². The van der Waals surface area contributed by atoms with Crippen LogP contribution in [0.4, 0.5) is 0 Å². The van der Waals surface area contributed by atoms with Crippen LogP contribution in [0.5, 0.6) is 0 Å². The summed E-state index contributed by atoms with van der Waals surface area (Å²) in [5.74, 6) is 1.72. The average Bonchev–Trinajstić information content (AvgIpc) is 2.84. The van der Waals surface area contributed by atoms with Crippen LogP contribution in [0.15, 0.2) is 0 Å². The molecule has 0 aromatic rings. The maximum atomic E-state index is 3.67. The van der Waals surface area contributed by atoms with Crippen molar-refractivity contribution in [3.8, 4) is 0 Å². The first-order valence-corrected chi connectivity index (χ1v) is 6.60. The predicted octanol–water partition coefficient (Wildman–Crippen LogP) is 2.10. The van der Waals surface area contributed by atoms with Crippen LogP contribution in [-0.4, -0.2) is 37.1 Å². The molecule has 2 aliphatic rings. The molecule has 0 amide bonds. The van der Waals surface area contributed by atoms with Gasteiger partial charge in [0.1, 0.15) is 0 Å². The van der Waals surface area contributed by atoms with Gasteiger partial charge in [-0.1, -0.05) is 13.8 Å². The molecular weight excluding hydrogens is 184 g/mol. The molecule has 0 heterocycles. The summed E-state index contributed by atoms with van der Waals surface area (Å²) in [6, 6.07) is 1.74. The van der Waals surface area contributed by atoms with Crippen LogP contribution >= 0.6 is 0 Å². The van der Waals surface area contributed by atoms with Crippen LogP contribution in [0.3, 0.4) is 0 Å². The Balaban J connectivity index is 1.67. The summed E-state index contributed by atoms with van der Waals surface area (Å²) in [7, 11) is 2.30. The van der Waals surface area contributed by atoms with E-state index in [2.05, 4.69) is 31.1 Å². The van der Waals surface area contributed by atoms with E-state index in [0.29, 0.717) is 0 Å². The fourth-order valence-electron chi connectivity index (χ4n) is 2.69. The lowest BCUT2D eigenvalue weighted by Crippen LogP contribution is -2.50. The zero-order valence-corrected chi connectivity index (χ0v) is 10.5. The molecule has 0 spiro atoms. The lowest BCUT2D eigenvalue weighted by Gasteiger charge is -2.43. The summed E-state index contributed by atoms with van der Waals surface area (Å²) in [4.78, 5) is 2.58. The third-order valence-corrected chi connectivity index (χ3v) is 3.84. The molecule has 2 unspecified atom stereocenters. The van der Waals surface area contributed by atoms with Crippen LogP contribution in [0, 0.1) is 11.8 Å². The Bertz CT molecular complexity index is 199. The fourth-order valence-corrected chi connectivity index (χ4v) is 2.69. The van der Waals surface area contributed by atoms with E-state index in [-0.39, 0.29) is 0 Å². The first kappa shape index (κ1) is 11.4. The molecule has 2 heteroatoms. The third kappa shape index (κ3) is 3.18. The molecule has 0 aliphatic heterocycles. The van der Waals surface area contributed by atoms with E-state index >= 15 is 0 Å². The van der Waals surface area contributed by atoms with Gasteiger partial charge in [0, 0.05) is 18.6 Å². The third-order valence-electron chi connectivity index (χ3n) is 3.84. The van der Waals surface area contributed by atoms with Crippen molar-refractivity contribution >= 4 is 0 Å². The van der Waals surface area contributed by atoms with Crippen molar-refractivity contribution in [2.24, 2.45) is 11.8 Å². The second-order valence-electron chi connectivity index (χ2n) is 5.92. The summed E-state index contributed by atoms with van der Waals surface area (Å²) in [6.45, 7) is 7.14. The van der Waals surface area contributed by atoms with Crippen LogP contribution in [0.25, 0.3) is 0 Å². The lowest BCUT2D eigenvalue weighted by molar-refractivity contribution is 0.0745. The van der Waals surface area contributed by atoms with E-state index in [1.807, 2.05) is 0 Å². The molecule has 0 saturated heterocycles. The van der Waals surface area contributed by atoms with E-state index < -0.39 is 0 Å². The van der Waals surface area contributed by atoms with Gasteiger partial charge in [-0.25, -0.2) is 0 Å². The summed E-state index contributed by atoms with van der Waals surface area (Å²) >= 11 is 0. The monoisotopic (exact) mass is 210 g/mol. The standard InChI is InChI=1S/C13H26N2/c1-10(2)9-15(3)13-7-4-11(13)8-14-12-5-6-12/h10-14H,4-9H2,1-3H3. The summed E-state index contributed by atoms with van der Waals surface area (Å²) < 4.78 is 0. The Kier molecular flexibility index (Phi) is 3.68. The molecule has 0 aromatic heterocycles. The Hall–Kier alpha value is -0.0800. The van der Waals surface area contributed by atoms with Crippen molar-refractivity contribution in [2.45, 2.75) is 51.6 Å². The van der Waals surface area contributed by atoms with Crippen molar-refractivity contribution in [3.05, 3.63) is 0 Å².